The van der Waals surface area contributed by atoms with E-state index in [-0.39, 0.29) is 0 Å². The molecule has 1 aromatic carbocycles. The summed E-state index contributed by atoms with van der Waals surface area (Å²) in [6.45, 7) is 9.39. The molecular formula is C23H39N5. The minimum absolute atomic E-state index is 0.806. The monoisotopic (exact) mass is 385 g/mol. The molecule has 0 bridgehead atoms. The van der Waals surface area contributed by atoms with Crippen molar-refractivity contribution in [3.63, 3.8) is 0 Å². The maximum absolute atomic E-state index is 4.53. The number of unbranched alkanes of at least 4 members (excludes halogenated alkanes) is 1. The summed E-state index contributed by atoms with van der Waals surface area (Å²) in [6, 6.07) is 10.9. The van der Waals surface area contributed by atoms with Crippen LogP contribution in [-0.2, 0) is 6.42 Å². The van der Waals surface area contributed by atoms with Crippen molar-refractivity contribution in [3.8, 4) is 0 Å². The van der Waals surface area contributed by atoms with Crippen LogP contribution in [0.25, 0.3) is 0 Å². The second kappa shape index (κ2) is 11.4. The Bertz CT molecular complexity index is 572. The van der Waals surface area contributed by atoms with Gasteiger partial charge in [-0.05, 0) is 57.2 Å². The average Bonchev–Trinajstić information content (AvgIpc) is 2.74. The van der Waals surface area contributed by atoms with Crippen molar-refractivity contribution in [2.45, 2.75) is 32.1 Å². The number of guanidine groups is 1. The molecule has 1 N–H and O–H groups in total. The summed E-state index contributed by atoms with van der Waals surface area (Å²) in [5.41, 5.74) is 1.48. The van der Waals surface area contributed by atoms with Crippen molar-refractivity contribution in [3.05, 3.63) is 35.9 Å². The van der Waals surface area contributed by atoms with Gasteiger partial charge in [0.05, 0.1) is 0 Å². The van der Waals surface area contributed by atoms with Crippen LogP contribution >= 0.6 is 0 Å². The van der Waals surface area contributed by atoms with Gasteiger partial charge in [-0.3, -0.25) is 4.99 Å². The molecule has 156 valence electrons. The Kier molecular flexibility index (Phi) is 8.62. The Hall–Kier alpha value is -1.59. The van der Waals surface area contributed by atoms with Crippen LogP contribution in [0, 0.1) is 5.92 Å². The van der Waals surface area contributed by atoms with E-state index in [1.165, 1.54) is 70.4 Å². The first-order valence-corrected chi connectivity index (χ1v) is 11.1. The van der Waals surface area contributed by atoms with Gasteiger partial charge < -0.3 is 20.0 Å². The van der Waals surface area contributed by atoms with Crippen LogP contribution in [0.3, 0.4) is 0 Å². The van der Waals surface area contributed by atoms with Crippen molar-refractivity contribution >= 4 is 5.96 Å². The van der Waals surface area contributed by atoms with Gasteiger partial charge >= 0.3 is 0 Å². The predicted molar refractivity (Wildman–Crippen MR) is 119 cm³/mol. The van der Waals surface area contributed by atoms with Gasteiger partial charge in [0.2, 0.25) is 0 Å². The molecular weight excluding hydrogens is 346 g/mol. The molecule has 2 aliphatic heterocycles. The lowest BCUT2D eigenvalue weighted by Crippen LogP contribution is -2.46. The van der Waals surface area contributed by atoms with Crippen molar-refractivity contribution in [2.75, 3.05) is 66.5 Å². The van der Waals surface area contributed by atoms with Crippen LogP contribution in [0.4, 0.5) is 0 Å². The molecule has 2 heterocycles. The van der Waals surface area contributed by atoms with Crippen molar-refractivity contribution in [1.29, 1.82) is 0 Å². The number of piperazine rings is 1. The summed E-state index contributed by atoms with van der Waals surface area (Å²) >= 11 is 0. The van der Waals surface area contributed by atoms with Crippen molar-refractivity contribution in [1.82, 2.24) is 20.0 Å². The SMILES string of the molecule is CN=C(NCCCCN1CCN(C)CC1)N1CCC(Cc2ccccc2)CC1. The second-order valence-electron chi connectivity index (χ2n) is 8.45. The van der Waals surface area contributed by atoms with E-state index in [1.807, 2.05) is 7.05 Å². The van der Waals surface area contributed by atoms with E-state index in [1.54, 1.807) is 0 Å². The van der Waals surface area contributed by atoms with Crippen LogP contribution in [0.1, 0.15) is 31.2 Å². The Morgan fingerprint density at radius 1 is 1.00 bits per heavy atom. The van der Waals surface area contributed by atoms with E-state index in [2.05, 4.69) is 62.4 Å². The standard InChI is InChI=1S/C23H39N5/c1-24-23(25-12-6-7-13-27-18-16-26(2)17-19-27)28-14-10-22(11-15-28)20-21-8-4-3-5-9-21/h3-5,8-9,22H,6-7,10-20H2,1-2H3,(H,24,25). The number of likely N-dealkylation sites (N-methyl/N-ethyl adjacent to an activating group) is 1. The number of rotatable bonds is 7. The molecule has 5 nitrogen and oxygen atoms in total. The minimum atomic E-state index is 0.806. The Morgan fingerprint density at radius 3 is 2.39 bits per heavy atom. The Morgan fingerprint density at radius 2 is 1.71 bits per heavy atom. The molecule has 0 aromatic heterocycles. The molecule has 1 aromatic rings. The molecule has 0 saturated carbocycles. The highest BCUT2D eigenvalue weighted by atomic mass is 15.3. The molecule has 0 spiro atoms. The van der Waals surface area contributed by atoms with Gasteiger partial charge in [-0.15, -0.1) is 0 Å². The fourth-order valence-corrected chi connectivity index (χ4v) is 4.36. The molecule has 2 fully saturated rings. The number of benzene rings is 1. The lowest BCUT2D eigenvalue weighted by Gasteiger charge is -2.34. The van der Waals surface area contributed by atoms with E-state index in [0.29, 0.717) is 0 Å². The molecule has 2 aliphatic rings. The third-order valence-electron chi connectivity index (χ3n) is 6.27. The topological polar surface area (TPSA) is 34.1 Å². The zero-order valence-corrected chi connectivity index (χ0v) is 17.9. The summed E-state index contributed by atoms with van der Waals surface area (Å²) in [5.74, 6) is 1.90. The summed E-state index contributed by atoms with van der Waals surface area (Å²) in [4.78, 5) is 12.0. The van der Waals surface area contributed by atoms with Crippen LogP contribution < -0.4 is 5.32 Å². The molecule has 0 amide bonds. The first-order chi connectivity index (χ1) is 13.7. The van der Waals surface area contributed by atoms with Gasteiger partial charge in [-0.2, -0.15) is 0 Å². The maximum atomic E-state index is 4.53. The van der Waals surface area contributed by atoms with Crippen LogP contribution in [-0.4, -0.2) is 87.1 Å². The number of hydrogen-bond donors (Lipinski definition) is 1. The minimum Gasteiger partial charge on any atom is -0.356 e. The van der Waals surface area contributed by atoms with Gasteiger partial charge in [0, 0.05) is 52.9 Å². The van der Waals surface area contributed by atoms with E-state index in [4.69, 9.17) is 0 Å². The first kappa shape index (κ1) is 21.1. The summed E-state index contributed by atoms with van der Waals surface area (Å²) in [5, 5.41) is 3.60. The predicted octanol–water partition coefficient (Wildman–Crippen LogP) is 2.54. The van der Waals surface area contributed by atoms with Gasteiger partial charge in [0.15, 0.2) is 5.96 Å². The van der Waals surface area contributed by atoms with Gasteiger partial charge in [0.25, 0.3) is 0 Å². The Labute approximate surface area is 171 Å². The molecule has 0 aliphatic carbocycles. The quantitative estimate of drug-likeness (QED) is 0.444. The van der Waals surface area contributed by atoms with E-state index in [9.17, 15) is 0 Å². The van der Waals surface area contributed by atoms with Crippen LogP contribution in [0.5, 0.6) is 0 Å². The van der Waals surface area contributed by atoms with Crippen LogP contribution in [0.15, 0.2) is 35.3 Å². The van der Waals surface area contributed by atoms with Gasteiger partial charge in [-0.25, -0.2) is 0 Å². The second-order valence-corrected chi connectivity index (χ2v) is 8.45. The highest BCUT2D eigenvalue weighted by Gasteiger charge is 2.21. The molecule has 2 saturated heterocycles. The molecule has 0 unspecified atom stereocenters. The summed E-state index contributed by atoms with van der Waals surface area (Å²) in [7, 11) is 4.14. The zero-order valence-electron chi connectivity index (χ0n) is 17.9. The molecule has 28 heavy (non-hydrogen) atoms. The first-order valence-electron chi connectivity index (χ1n) is 11.1. The molecule has 0 radical (unpaired) electrons. The number of likely N-dealkylation sites (tertiary alicyclic amines) is 1. The Balaban J connectivity index is 1.29. The van der Waals surface area contributed by atoms with E-state index >= 15 is 0 Å². The van der Waals surface area contributed by atoms with Crippen molar-refractivity contribution in [2.24, 2.45) is 10.9 Å². The number of nitrogens with zero attached hydrogens (tertiary/aromatic N) is 4. The van der Waals surface area contributed by atoms with E-state index in [0.717, 1.165) is 31.5 Å². The highest BCUT2D eigenvalue weighted by Crippen LogP contribution is 2.21. The molecule has 0 atom stereocenters. The fraction of sp³-hybridized carbons (Fsp3) is 0.696. The number of piperidine rings is 1. The maximum Gasteiger partial charge on any atom is 0.193 e. The third kappa shape index (κ3) is 6.78. The number of hydrogen-bond acceptors (Lipinski definition) is 3. The molecule has 3 rings (SSSR count). The van der Waals surface area contributed by atoms with Gasteiger partial charge in [0.1, 0.15) is 0 Å². The normalized spacial score (nSPS) is 20.5. The largest absolute Gasteiger partial charge is 0.356 e. The summed E-state index contributed by atoms with van der Waals surface area (Å²) in [6.07, 6.45) is 6.23. The van der Waals surface area contributed by atoms with Crippen LogP contribution in [0.2, 0.25) is 0 Å². The summed E-state index contributed by atoms with van der Waals surface area (Å²) < 4.78 is 0. The average molecular weight is 386 g/mol. The van der Waals surface area contributed by atoms with E-state index < -0.39 is 0 Å². The smallest absolute Gasteiger partial charge is 0.193 e. The zero-order chi connectivity index (χ0) is 19.6. The highest BCUT2D eigenvalue weighted by molar-refractivity contribution is 5.79. The fourth-order valence-electron chi connectivity index (χ4n) is 4.36. The number of aliphatic imine (C=N–C) groups is 1. The molecule has 5 heteroatoms. The van der Waals surface area contributed by atoms with Crippen molar-refractivity contribution < 1.29 is 0 Å². The lowest BCUT2D eigenvalue weighted by molar-refractivity contribution is 0.152. The third-order valence-corrected chi connectivity index (χ3v) is 6.27. The lowest BCUT2D eigenvalue weighted by atomic mass is 9.90. The number of nitrogens with one attached hydrogen (secondary N) is 1. The van der Waals surface area contributed by atoms with Gasteiger partial charge in [-0.1, -0.05) is 30.3 Å².